The second-order valence-electron chi connectivity index (χ2n) is 5.48. The summed E-state index contributed by atoms with van der Waals surface area (Å²) in [6.07, 6.45) is 0. The summed E-state index contributed by atoms with van der Waals surface area (Å²) in [6.45, 7) is 0.231. The number of anilines is 1. The van der Waals surface area contributed by atoms with Crippen molar-refractivity contribution in [2.24, 2.45) is 0 Å². The maximum Gasteiger partial charge on any atom is 0.346 e. The van der Waals surface area contributed by atoms with Gasteiger partial charge in [-0.1, -0.05) is 18.2 Å². The van der Waals surface area contributed by atoms with Gasteiger partial charge in [0.1, 0.15) is 17.1 Å². The van der Waals surface area contributed by atoms with E-state index in [9.17, 15) is 9.59 Å². The summed E-state index contributed by atoms with van der Waals surface area (Å²) in [5.74, 6) is 0.548. The summed E-state index contributed by atoms with van der Waals surface area (Å²) in [6, 6.07) is 12.7. The van der Waals surface area contributed by atoms with E-state index >= 15 is 0 Å². The van der Waals surface area contributed by atoms with Crippen LogP contribution in [0.4, 0.5) is 5.69 Å². The molecule has 26 heavy (non-hydrogen) atoms. The van der Waals surface area contributed by atoms with Crippen LogP contribution in [0.2, 0.25) is 0 Å². The minimum Gasteiger partial charge on any atom is -0.496 e. The lowest BCUT2D eigenvalue weighted by atomic mass is 10.2. The predicted octanol–water partition coefficient (Wildman–Crippen LogP) is 3.00. The molecule has 3 rings (SSSR count). The summed E-state index contributed by atoms with van der Waals surface area (Å²) in [7, 11) is 2.91. The molecular weight excluding hydrogens is 354 g/mol. The van der Waals surface area contributed by atoms with Gasteiger partial charge in [0.15, 0.2) is 6.61 Å². The van der Waals surface area contributed by atoms with Gasteiger partial charge in [-0.15, -0.1) is 11.8 Å². The Balaban J connectivity index is 1.72. The SMILES string of the molecule is COc1cccc(OC)c1C(=O)OCC(=O)N1CCSc2ccccc21. The summed E-state index contributed by atoms with van der Waals surface area (Å²) in [5, 5.41) is 0. The molecule has 0 aromatic heterocycles. The first-order valence-corrected chi connectivity index (χ1v) is 9.04. The fraction of sp³-hybridized carbons (Fsp3) is 0.263. The quantitative estimate of drug-likeness (QED) is 0.751. The van der Waals surface area contributed by atoms with Crippen molar-refractivity contribution >= 4 is 29.3 Å². The predicted molar refractivity (Wildman–Crippen MR) is 99.3 cm³/mol. The molecule has 0 N–H and O–H groups in total. The van der Waals surface area contributed by atoms with E-state index in [1.807, 2.05) is 24.3 Å². The highest BCUT2D eigenvalue weighted by molar-refractivity contribution is 7.99. The van der Waals surface area contributed by atoms with E-state index in [1.165, 1.54) is 14.2 Å². The molecule has 7 heteroatoms. The van der Waals surface area contributed by atoms with Crippen molar-refractivity contribution < 1.29 is 23.8 Å². The van der Waals surface area contributed by atoms with Gasteiger partial charge in [-0.05, 0) is 24.3 Å². The van der Waals surface area contributed by atoms with Crippen LogP contribution in [0.15, 0.2) is 47.4 Å². The number of fused-ring (bicyclic) bond motifs is 1. The molecule has 2 aromatic rings. The van der Waals surface area contributed by atoms with E-state index < -0.39 is 5.97 Å². The summed E-state index contributed by atoms with van der Waals surface area (Å²) < 4.78 is 15.6. The Labute approximate surface area is 156 Å². The van der Waals surface area contributed by atoms with Crippen LogP contribution in [-0.4, -0.2) is 45.0 Å². The molecular formula is C19H19NO5S. The second-order valence-corrected chi connectivity index (χ2v) is 6.61. The van der Waals surface area contributed by atoms with Crippen LogP contribution in [0, 0.1) is 0 Å². The minimum absolute atomic E-state index is 0.167. The number of thioether (sulfide) groups is 1. The van der Waals surface area contributed by atoms with Gasteiger partial charge in [0.2, 0.25) is 0 Å². The number of methoxy groups -OCH3 is 2. The highest BCUT2D eigenvalue weighted by Crippen LogP contribution is 2.34. The average molecular weight is 373 g/mol. The minimum atomic E-state index is -0.660. The monoisotopic (exact) mass is 373 g/mol. The molecule has 1 heterocycles. The molecule has 0 atom stereocenters. The van der Waals surface area contributed by atoms with Crippen molar-refractivity contribution in [1.82, 2.24) is 0 Å². The van der Waals surface area contributed by atoms with Gasteiger partial charge in [-0.3, -0.25) is 4.79 Å². The van der Waals surface area contributed by atoms with Gasteiger partial charge in [0.05, 0.1) is 19.9 Å². The Morgan fingerprint density at radius 1 is 1.04 bits per heavy atom. The van der Waals surface area contributed by atoms with Crippen molar-refractivity contribution in [3.63, 3.8) is 0 Å². The van der Waals surface area contributed by atoms with Gasteiger partial charge in [-0.2, -0.15) is 0 Å². The number of ether oxygens (including phenoxy) is 3. The van der Waals surface area contributed by atoms with Gasteiger partial charge in [0, 0.05) is 17.2 Å². The zero-order valence-electron chi connectivity index (χ0n) is 14.6. The standard InChI is InChI=1S/C19H19NO5S/c1-23-14-7-5-8-15(24-2)18(14)19(22)25-12-17(21)20-10-11-26-16-9-4-3-6-13(16)20/h3-9H,10-12H2,1-2H3. The smallest absolute Gasteiger partial charge is 0.346 e. The van der Waals surface area contributed by atoms with Gasteiger partial charge >= 0.3 is 5.97 Å². The normalized spacial score (nSPS) is 12.9. The van der Waals surface area contributed by atoms with Crippen LogP contribution < -0.4 is 14.4 Å². The van der Waals surface area contributed by atoms with Crippen molar-refractivity contribution in [1.29, 1.82) is 0 Å². The van der Waals surface area contributed by atoms with E-state index in [4.69, 9.17) is 14.2 Å². The van der Waals surface area contributed by atoms with E-state index in [0.717, 1.165) is 16.3 Å². The number of amides is 1. The Morgan fingerprint density at radius 3 is 2.42 bits per heavy atom. The van der Waals surface area contributed by atoms with Crippen LogP contribution in [0.5, 0.6) is 11.5 Å². The molecule has 2 aromatic carbocycles. The molecule has 0 radical (unpaired) electrons. The highest BCUT2D eigenvalue weighted by Gasteiger charge is 2.25. The number of hydrogen-bond acceptors (Lipinski definition) is 6. The number of rotatable bonds is 5. The highest BCUT2D eigenvalue weighted by atomic mass is 32.2. The van der Waals surface area contributed by atoms with Crippen LogP contribution >= 0.6 is 11.8 Å². The first kappa shape index (κ1) is 18.1. The van der Waals surface area contributed by atoms with Crippen LogP contribution in [0.3, 0.4) is 0 Å². The number of carbonyl (C=O) groups is 2. The molecule has 0 unspecified atom stereocenters. The van der Waals surface area contributed by atoms with E-state index in [0.29, 0.717) is 18.0 Å². The molecule has 0 fully saturated rings. The van der Waals surface area contributed by atoms with Crippen LogP contribution in [0.25, 0.3) is 0 Å². The molecule has 0 saturated heterocycles. The van der Waals surface area contributed by atoms with Crippen molar-refractivity contribution in [3.05, 3.63) is 48.0 Å². The van der Waals surface area contributed by atoms with E-state index in [2.05, 4.69) is 0 Å². The molecule has 1 aliphatic heterocycles. The number of para-hydroxylation sites is 1. The lowest BCUT2D eigenvalue weighted by Gasteiger charge is -2.28. The van der Waals surface area contributed by atoms with E-state index in [-0.39, 0.29) is 18.1 Å². The zero-order chi connectivity index (χ0) is 18.5. The summed E-state index contributed by atoms with van der Waals surface area (Å²) in [5.41, 5.74) is 1.01. The van der Waals surface area contributed by atoms with Crippen LogP contribution in [0.1, 0.15) is 10.4 Å². The first-order chi connectivity index (χ1) is 12.7. The van der Waals surface area contributed by atoms with Gasteiger partial charge < -0.3 is 19.1 Å². The molecule has 1 aliphatic rings. The average Bonchev–Trinajstić information content (AvgIpc) is 2.70. The lowest BCUT2D eigenvalue weighted by molar-refractivity contribution is -0.121. The molecule has 0 aliphatic carbocycles. The van der Waals surface area contributed by atoms with Crippen LogP contribution in [-0.2, 0) is 9.53 Å². The lowest BCUT2D eigenvalue weighted by Crippen LogP contribution is -2.38. The maximum atomic E-state index is 12.6. The number of carbonyl (C=O) groups excluding carboxylic acids is 2. The summed E-state index contributed by atoms with van der Waals surface area (Å²) in [4.78, 5) is 27.8. The topological polar surface area (TPSA) is 65.1 Å². The number of esters is 1. The Morgan fingerprint density at radius 2 is 1.73 bits per heavy atom. The molecule has 0 spiro atoms. The number of nitrogens with zero attached hydrogens (tertiary/aromatic N) is 1. The molecule has 6 nitrogen and oxygen atoms in total. The Hall–Kier alpha value is -2.67. The fourth-order valence-electron chi connectivity index (χ4n) is 2.76. The van der Waals surface area contributed by atoms with Gasteiger partial charge in [-0.25, -0.2) is 4.79 Å². The number of benzene rings is 2. The molecule has 136 valence electrons. The third-order valence-corrected chi connectivity index (χ3v) is 5.03. The maximum absolute atomic E-state index is 12.6. The zero-order valence-corrected chi connectivity index (χ0v) is 15.4. The molecule has 1 amide bonds. The van der Waals surface area contributed by atoms with E-state index in [1.54, 1.807) is 34.9 Å². The third kappa shape index (κ3) is 3.62. The number of hydrogen-bond donors (Lipinski definition) is 0. The van der Waals surface area contributed by atoms with Crippen molar-refractivity contribution in [2.75, 3.05) is 38.0 Å². The Bertz CT molecular complexity index is 801. The second kappa shape index (κ2) is 8.14. The largest absolute Gasteiger partial charge is 0.496 e. The first-order valence-electron chi connectivity index (χ1n) is 8.06. The molecule has 0 saturated carbocycles. The Kier molecular flexibility index (Phi) is 5.68. The fourth-order valence-corrected chi connectivity index (χ4v) is 3.75. The van der Waals surface area contributed by atoms with Crippen molar-refractivity contribution in [2.45, 2.75) is 4.90 Å². The summed E-state index contributed by atoms with van der Waals surface area (Å²) >= 11 is 1.71. The molecule has 0 bridgehead atoms. The third-order valence-electron chi connectivity index (χ3n) is 3.99. The van der Waals surface area contributed by atoms with Gasteiger partial charge in [0.25, 0.3) is 5.91 Å². The van der Waals surface area contributed by atoms with Crippen molar-refractivity contribution in [3.8, 4) is 11.5 Å².